The van der Waals surface area contributed by atoms with E-state index in [2.05, 4.69) is 5.32 Å². The zero-order chi connectivity index (χ0) is 12.4. The highest BCUT2D eigenvalue weighted by Gasteiger charge is 2.26. The normalized spacial score (nSPS) is 15.1. The average Bonchev–Trinajstić information content (AvgIpc) is 2.22. The predicted molar refractivity (Wildman–Crippen MR) is 59.9 cm³/mol. The Morgan fingerprint density at radius 3 is 2.76 bits per heavy atom. The summed E-state index contributed by atoms with van der Waals surface area (Å²) in [6, 6.07) is 4.67. The zero-order valence-corrected chi connectivity index (χ0v) is 9.30. The Labute approximate surface area is 97.7 Å². The van der Waals surface area contributed by atoms with E-state index in [1.165, 1.54) is 6.07 Å². The molecule has 0 spiro atoms. The van der Waals surface area contributed by atoms with Crippen LogP contribution in [0.25, 0.3) is 0 Å². The molecule has 90 valence electrons. The monoisotopic (exact) mass is 236 g/mol. The Hall–Kier alpha value is -1.95. The summed E-state index contributed by atoms with van der Waals surface area (Å²) >= 11 is 0. The fourth-order valence-corrected chi connectivity index (χ4v) is 1.67. The van der Waals surface area contributed by atoms with E-state index < -0.39 is 10.8 Å². The van der Waals surface area contributed by atoms with Crippen molar-refractivity contribution in [3.63, 3.8) is 0 Å². The van der Waals surface area contributed by atoms with Crippen LogP contribution in [0.2, 0.25) is 0 Å². The second-order valence-electron chi connectivity index (χ2n) is 3.94. The second-order valence-corrected chi connectivity index (χ2v) is 3.94. The quantitative estimate of drug-likeness (QED) is 0.627. The summed E-state index contributed by atoms with van der Waals surface area (Å²) in [4.78, 5) is 22.2. The third kappa shape index (κ3) is 2.26. The van der Waals surface area contributed by atoms with Gasteiger partial charge in [-0.15, -0.1) is 0 Å². The first-order valence-electron chi connectivity index (χ1n) is 5.22. The molecule has 0 bridgehead atoms. The van der Waals surface area contributed by atoms with Crippen LogP contribution in [0.3, 0.4) is 0 Å². The van der Waals surface area contributed by atoms with Crippen molar-refractivity contribution in [3.8, 4) is 0 Å². The summed E-state index contributed by atoms with van der Waals surface area (Å²) in [6.07, 6.45) is 0. The summed E-state index contributed by atoms with van der Waals surface area (Å²) in [7, 11) is 0. The second kappa shape index (κ2) is 4.50. The highest BCUT2D eigenvalue weighted by molar-refractivity contribution is 5.98. The van der Waals surface area contributed by atoms with Crippen LogP contribution in [-0.4, -0.2) is 30.1 Å². The van der Waals surface area contributed by atoms with Crippen LogP contribution in [0.15, 0.2) is 18.2 Å². The molecule has 17 heavy (non-hydrogen) atoms. The Kier molecular flexibility index (Phi) is 3.06. The maximum absolute atomic E-state index is 11.9. The highest BCUT2D eigenvalue weighted by atomic mass is 16.6. The zero-order valence-electron chi connectivity index (χ0n) is 9.30. The molecule has 1 amide bonds. The van der Waals surface area contributed by atoms with Crippen LogP contribution >= 0.6 is 0 Å². The molecule has 1 saturated heterocycles. The number of nitrogens with one attached hydrogen (secondary N) is 1. The van der Waals surface area contributed by atoms with Gasteiger partial charge in [-0.05, 0) is 13.0 Å². The van der Waals surface area contributed by atoms with Gasteiger partial charge in [0.1, 0.15) is 5.56 Å². The molecule has 6 heteroatoms. The molecule has 1 aliphatic rings. The summed E-state index contributed by atoms with van der Waals surface area (Å²) < 4.78 is 4.92. The number of nitro groups is 1. The number of rotatable bonds is 3. The topological polar surface area (TPSA) is 81.5 Å². The summed E-state index contributed by atoms with van der Waals surface area (Å²) in [5, 5.41) is 13.6. The third-order valence-corrected chi connectivity index (χ3v) is 2.64. The molecule has 0 aromatic heterocycles. The lowest BCUT2D eigenvalue weighted by Crippen LogP contribution is -2.48. The van der Waals surface area contributed by atoms with Crippen LogP contribution in [0.1, 0.15) is 15.9 Å². The number of ether oxygens (including phenoxy) is 1. The SMILES string of the molecule is Cc1cccc(C(=O)NC2COC2)c1[N+](=O)[O-]. The van der Waals surface area contributed by atoms with Gasteiger partial charge in [0.15, 0.2) is 0 Å². The number of aryl methyl sites for hydroxylation is 1. The van der Waals surface area contributed by atoms with Crippen molar-refractivity contribution in [2.75, 3.05) is 13.2 Å². The van der Waals surface area contributed by atoms with E-state index in [-0.39, 0.29) is 17.3 Å². The van der Waals surface area contributed by atoms with Crippen molar-refractivity contribution in [2.24, 2.45) is 0 Å². The Morgan fingerprint density at radius 1 is 1.53 bits per heavy atom. The van der Waals surface area contributed by atoms with Crippen molar-refractivity contribution in [2.45, 2.75) is 13.0 Å². The molecular formula is C11H12N2O4. The van der Waals surface area contributed by atoms with Crippen molar-refractivity contribution in [3.05, 3.63) is 39.4 Å². The minimum absolute atomic E-state index is 0.0392. The van der Waals surface area contributed by atoms with Crippen LogP contribution < -0.4 is 5.32 Å². The smallest absolute Gasteiger partial charge is 0.285 e. The maximum Gasteiger partial charge on any atom is 0.285 e. The van der Waals surface area contributed by atoms with Gasteiger partial charge in [0.25, 0.3) is 11.6 Å². The largest absolute Gasteiger partial charge is 0.377 e. The van der Waals surface area contributed by atoms with Gasteiger partial charge >= 0.3 is 0 Å². The first kappa shape index (κ1) is 11.5. The Balaban J connectivity index is 2.27. The van der Waals surface area contributed by atoms with E-state index in [9.17, 15) is 14.9 Å². The van der Waals surface area contributed by atoms with Gasteiger partial charge < -0.3 is 10.1 Å². The van der Waals surface area contributed by atoms with Crippen LogP contribution in [0.5, 0.6) is 0 Å². The van der Waals surface area contributed by atoms with E-state index in [1.54, 1.807) is 19.1 Å². The van der Waals surface area contributed by atoms with E-state index in [0.717, 1.165) is 0 Å². The van der Waals surface area contributed by atoms with Crippen molar-refractivity contribution in [1.29, 1.82) is 0 Å². The summed E-state index contributed by atoms with van der Waals surface area (Å²) in [6.45, 7) is 2.54. The molecule has 1 N–H and O–H groups in total. The minimum Gasteiger partial charge on any atom is -0.377 e. The number of hydrogen-bond donors (Lipinski definition) is 1. The summed E-state index contributed by atoms with van der Waals surface area (Å²) in [5.41, 5.74) is 0.444. The number of para-hydroxylation sites is 1. The number of nitrogens with zero attached hydrogens (tertiary/aromatic N) is 1. The Morgan fingerprint density at radius 2 is 2.24 bits per heavy atom. The van der Waals surface area contributed by atoms with Gasteiger partial charge in [-0.2, -0.15) is 0 Å². The maximum atomic E-state index is 11.9. The molecule has 1 fully saturated rings. The lowest BCUT2D eigenvalue weighted by Gasteiger charge is -2.26. The molecule has 2 rings (SSSR count). The molecule has 0 radical (unpaired) electrons. The van der Waals surface area contributed by atoms with Gasteiger partial charge in [-0.1, -0.05) is 12.1 Å². The Bertz CT molecular complexity index is 469. The van der Waals surface area contributed by atoms with Crippen molar-refractivity contribution >= 4 is 11.6 Å². The van der Waals surface area contributed by atoms with Crippen molar-refractivity contribution < 1.29 is 14.5 Å². The van der Waals surface area contributed by atoms with Crippen LogP contribution in [0.4, 0.5) is 5.69 Å². The molecule has 1 aliphatic heterocycles. The lowest BCUT2D eigenvalue weighted by molar-refractivity contribution is -0.385. The molecule has 1 heterocycles. The molecule has 0 aliphatic carbocycles. The van der Waals surface area contributed by atoms with Crippen molar-refractivity contribution in [1.82, 2.24) is 5.32 Å². The van der Waals surface area contributed by atoms with E-state index in [0.29, 0.717) is 18.8 Å². The average molecular weight is 236 g/mol. The number of carbonyl (C=O) groups is 1. The fraction of sp³-hybridized carbons (Fsp3) is 0.364. The lowest BCUT2D eigenvalue weighted by atomic mass is 10.1. The van der Waals surface area contributed by atoms with E-state index in [4.69, 9.17) is 4.74 Å². The predicted octanol–water partition coefficient (Wildman–Crippen LogP) is 1.03. The number of benzene rings is 1. The number of hydrogen-bond acceptors (Lipinski definition) is 4. The molecule has 0 saturated carbocycles. The molecule has 0 atom stereocenters. The fourth-order valence-electron chi connectivity index (χ4n) is 1.67. The molecule has 0 unspecified atom stereocenters. The summed E-state index contributed by atoms with van der Waals surface area (Å²) in [5.74, 6) is -0.422. The minimum atomic E-state index is -0.526. The standard InChI is InChI=1S/C11H12N2O4/c1-7-3-2-4-9(10(7)13(15)16)11(14)12-8-5-17-6-8/h2-4,8H,5-6H2,1H3,(H,12,14). The van der Waals surface area contributed by atoms with Crippen LogP contribution in [-0.2, 0) is 4.74 Å². The first-order chi connectivity index (χ1) is 8.09. The first-order valence-corrected chi connectivity index (χ1v) is 5.22. The molecule has 6 nitrogen and oxygen atoms in total. The van der Waals surface area contributed by atoms with E-state index in [1.807, 2.05) is 0 Å². The third-order valence-electron chi connectivity index (χ3n) is 2.64. The highest BCUT2D eigenvalue weighted by Crippen LogP contribution is 2.23. The van der Waals surface area contributed by atoms with Gasteiger partial charge in [-0.25, -0.2) is 0 Å². The van der Waals surface area contributed by atoms with Gasteiger partial charge in [-0.3, -0.25) is 14.9 Å². The van der Waals surface area contributed by atoms with Gasteiger partial charge in [0.2, 0.25) is 0 Å². The molecular weight excluding hydrogens is 224 g/mol. The van der Waals surface area contributed by atoms with Crippen LogP contribution in [0, 0.1) is 17.0 Å². The number of amides is 1. The number of carbonyl (C=O) groups excluding carboxylic acids is 1. The molecule has 1 aromatic carbocycles. The molecule has 1 aromatic rings. The number of nitro benzene ring substituents is 1. The van der Waals surface area contributed by atoms with Gasteiger partial charge in [0.05, 0.1) is 24.2 Å². The van der Waals surface area contributed by atoms with E-state index >= 15 is 0 Å². The van der Waals surface area contributed by atoms with Gasteiger partial charge in [0, 0.05) is 5.56 Å².